The first-order chi connectivity index (χ1) is 15.0. The van der Waals surface area contributed by atoms with Crippen LogP contribution in [0.1, 0.15) is 39.5 Å². The van der Waals surface area contributed by atoms with Gasteiger partial charge in [-0.15, -0.1) is 0 Å². The van der Waals surface area contributed by atoms with Gasteiger partial charge >= 0.3 is 6.09 Å². The molecule has 168 valence electrons. The highest BCUT2D eigenvalue weighted by molar-refractivity contribution is 7.99. The van der Waals surface area contributed by atoms with Gasteiger partial charge in [0, 0.05) is 25.7 Å². The van der Waals surface area contributed by atoms with E-state index in [1.165, 1.54) is 11.8 Å². The average molecular weight is 447 g/mol. The van der Waals surface area contributed by atoms with Crippen LogP contribution >= 0.6 is 11.8 Å². The van der Waals surface area contributed by atoms with Crippen LogP contribution in [0.2, 0.25) is 0 Å². The molecule has 0 saturated carbocycles. The van der Waals surface area contributed by atoms with E-state index >= 15 is 0 Å². The Balaban J connectivity index is 1.60. The van der Waals surface area contributed by atoms with Crippen molar-refractivity contribution < 1.29 is 14.3 Å². The Morgan fingerprint density at radius 2 is 1.97 bits per heavy atom. The molecule has 1 aliphatic heterocycles. The summed E-state index contributed by atoms with van der Waals surface area (Å²) in [6, 6.07) is 7.34. The zero-order valence-electron chi connectivity index (χ0n) is 18.1. The van der Waals surface area contributed by atoms with E-state index in [1.807, 2.05) is 18.2 Å². The molecule has 2 heterocycles. The number of hydrogen-bond acceptors (Lipinski definition) is 6. The van der Waals surface area contributed by atoms with Gasteiger partial charge in [-0.05, 0) is 38.3 Å². The average Bonchev–Trinajstić information content (AvgIpc) is 2.78. The van der Waals surface area contributed by atoms with Crippen molar-refractivity contribution in [3.8, 4) is 0 Å². The predicted octanol–water partition coefficient (Wildman–Crippen LogP) is 3.03. The largest absolute Gasteiger partial charge is 0.450 e. The maximum Gasteiger partial charge on any atom is 0.409 e. The zero-order chi connectivity index (χ0) is 22.2. The van der Waals surface area contributed by atoms with Crippen molar-refractivity contribution in [3.05, 3.63) is 34.6 Å². The van der Waals surface area contributed by atoms with E-state index in [4.69, 9.17) is 4.74 Å². The Hall–Kier alpha value is -2.55. The highest BCUT2D eigenvalue weighted by Crippen LogP contribution is 2.19. The number of para-hydroxylation sites is 1. The van der Waals surface area contributed by atoms with Gasteiger partial charge in [-0.3, -0.25) is 14.2 Å². The van der Waals surface area contributed by atoms with E-state index in [2.05, 4.69) is 17.2 Å². The highest BCUT2D eigenvalue weighted by atomic mass is 32.2. The molecule has 1 saturated heterocycles. The lowest BCUT2D eigenvalue weighted by molar-refractivity contribution is -0.119. The van der Waals surface area contributed by atoms with Crippen LogP contribution in [0.15, 0.2) is 34.2 Å². The van der Waals surface area contributed by atoms with Crippen molar-refractivity contribution in [2.75, 3.05) is 25.4 Å². The number of carbonyl (C=O) groups is 2. The maximum absolute atomic E-state index is 12.9. The molecule has 2 amide bonds. The summed E-state index contributed by atoms with van der Waals surface area (Å²) in [4.78, 5) is 43.5. The minimum absolute atomic E-state index is 0.0330. The number of unbranched alkanes of at least 4 members (excludes halogenated alkanes) is 1. The quantitative estimate of drug-likeness (QED) is 0.495. The summed E-state index contributed by atoms with van der Waals surface area (Å²) in [5.74, 6) is 0.0960. The van der Waals surface area contributed by atoms with Gasteiger partial charge in [0.1, 0.15) is 0 Å². The standard InChI is InChI=1S/C22H30N4O4S/c1-3-5-12-26-20(28)17-8-6-7-9-18(17)24-21(26)31-15-19(27)23-16-10-13-25(14-11-16)22(29)30-4-2/h6-9,16H,3-5,10-15H2,1-2H3,(H,23,27). The lowest BCUT2D eigenvalue weighted by atomic mass is 10.1. The van der Waals surface area contributed by atoms with Gasteiger partial charge in [0.2, 0.25) is 5.91 Å². The van der Waals surface area contributed by atoms with Crippen LogP contribution in [-0.2, 0) is 16.1 Å². The van der Waals surface area contributed by atoms with Gasteiger partial charge in [0.05, 0.1) is 23.3 Å². The number of likely N-dealkylation sites (tertiary alicyclic amines) is 1. The third-order valence-corrected chi connectivity index (χ3v) is 6.26. The molecule has 1 N–H and O–H groups in total. The first-order valence-corrected chi connectivity index (χ1v) is 11.9. The topological polar surface area (TPSA) is 93.5 Å². The van der Waals surface area contributed by atoms with Crippen molar-refractivity contribution >= 4 is 34.7 Å². The van der Waals surface area contributed by atoms with Crippen molar-refractivity contribution in [2.24, 2.45) is 0 Å². The van der Waals surface area contributed by atoms with Crippen molar-refractivity contribution in [3.63, 3.8) is 0 Å². The molecular formula is C22H30N4O4S. The van der Waals surface area contributed by atoms with Gasteiger partial charge < -0.3 is 15.0 Å². The number of amides is 2. The molecule has 3 rings (SSSR count). The second kappa shape index (κ2) is 11.2. The highest BCUT2D eigenvalue weighted by Gasteiger charge is 2.24. The minimum Gasteiger partial charge on any atom is -0.450 e. The van der Waals surface area contributed by atoms with E-state index in [-0.39, 0.29) is 29.4 Å². The van der Waals surface area contributed by atoms with Crippen LogP contribution in [0.5, 0.6) is 0 Å². The maximum atomic E-state index is 12.9. The summed E-state index contributed by atoms with van der Waals surface area (Å²) in [5.41, 5.74) is 0.586. The number of carbonyl (C=O) groups excluding carboxylic acids is 2. The third kappa shape index (κ3) is 6.00. The van der Waals surface area contributed by atoms with E-state index in [1.54, 1.807) is 22.5 Å². The van der Waals surface area contributed by atoms with E-state index in [0.717, 1.165) is 12.8 Å². The number of thioether (sulfide) groups is 1. The number of piperidine rings is 1. The number of nitrogens with one attached hydrogen (secondary N) is 1. The molecule has 8 nitrogen and oxygen atoms in total. The number of nitrogens with zero attached hydrogens (tertiary/aromatic N) is 3. The van der Waals surface area contributed by atoms with Crippen LogP contribution in [0.25, 0.3) is 10.9 Å². The molecule has 0 spiro atoms. The number of ether oxygens (including phenoxy) is 1. The van der Waals surface area contributed by atoms with Gasteiger partial charge in [0.15, 0.2) is 5.16 Å². The summed E-state index contributed by atoms with van der Waals surface area (Å²) in [6.07, 6.45) is 2.94. The molecule has 1 aromatic carbocycles. The SMILES string of the molecule is CCCCn1c(SCC(=O)NC2CCN(C(=O)OCC)CC2)nc2ccccc2c1=O. The van der Waals surface area contributed by atoms with Crippen molar-refractivity contribution in [1.82, 2.24) is 19.8 Å². The van der Waals surface area contributed by atoms with Gasteiger partial charge in [0.25, 0.3) is 5.56 Å². The molecule has 2 aromatic rings. The number of hydrogen-bond donors (Lipinski definition) is 1. The van der Waals surface area contributed by atoms with Crippen LogP contribution in [0.3, 0.4) is 0 Å². The summed E-state index contributed by atoms with van der Waals surface area (Å²) in [6.45, 7) is 5.95. The molecule has 0 aliphatic carbocycles. The summed E-state index contributed by atoms with van der Waals surface area (Å²) >= 11 is 1.29. The second-order valence-corrected chi connectivity index (χ2v) is 8.48. The monoisotopic (exact) mass is 446 g/mol. The first-order valence-electron chi connectivity index (χ1n) is 10.9. The zero-order valence-corrected chi connectivity index (χ0v) is 19.0. The molecule has 0 radical (unpaired) electrons. The summed E-state index contributed by atoms with van der Waals surface area (Å²) in [5, 5.41) is 4.21. The van der Waals surface area contributed by atoms with Crippen LogP contribution in [0.4, 0.5) is 4.79 Å². The van der Waals surface area contributed by atoms with Gasteiger partial charge in [-0.25, -0.2) is 9.78 Å². The number of benzene rings is 1. The van der Waals surface area contributed by atoms with E-state index < -0.39 is 0 Å². The summed E-state index contributed by atoms with van der Waals surface area (Å²) in [7, 11) is 0. The third-order valence-electron chi connectivity index (χ3n) is 5.28. The molecule has 0 bridgehead atoms. The minimum atomic E-state index is -0.296. The fraction of sp³-hybridized carbons (Fsp3) is 0.545. The van der Waals surface area contributed by atoms with Crippen molar-refractivity contribution in [2.45, 2.75) is 57.3 Å². The molecule has 1 fully saturated rings. The van der Waals surface area contributed by atoms with E-state index in [9.17, 15) is 14.4 Å². The molecule has 1 aliphatic rings. The number of fused-ring (bicyclic) bond motifs is 1. The Morgan fingerprint density at radius 1 is 1.23 bits per heavy atom. The molecule has 9 heteroatoms. The molecule has 0 unspecified atom stereocenters. The van der Waals surface area contributed by atoms with E-state index in [0.29, 0.717) is 55.1 Å². The molecule has 0 atom stereocenters. The Kier molecular flexibility index (Phi) is 8.34. The molecular weight excluding hydrogens is 416 g/mol. The lowest BCUT2D eigenvalue weighted by Crippen LogP contribution is -2.47. The van der Waals surface area contributed by atoms with Crippen LogP contribution in [-0.4, -0.2) is 57.9 Å². The Morgan fingerprint density at radius 3 is 2.68 bits per heavy atom. The Labute approximate surface area is 186 Å². The van der Waals surface area contributed by atoms with Crippen molar-refractivity contribution in [1.29, 1.82) is 0 Å². The number of rotatable bonds is 8. The van der Waals surface area contributed by atoms with Gasteiger partial charge in [-0.1, -0.05) is 37.2 Å². The fourth-order valence-electron chi connectivity index (χ4n) is 3.59. The molecule has 31 heavy (non-hydrogen) atoms. The van der Waals surface area contributed by atoms with Crippen LogP contribution in [0, 0.1) is 0 Å². The first kappa shape index (κ1) is 23.1. The normalized spacial score (nSPS) is 14.6. The van der Waals surface area contributed by atoms with Gasteiger partial charge in [-0.2, -0.15) is 0 Å². The molecule has 1 aromatic heterocycles. The van der Waals surface area contributed by atoms with Crippen LogP contribution < -0.4 is 10.9 Å². The second-order valence-electron chi connectivity index (χ2n) is 7.54. The summed E-state index contributed by atoms with van der Waals surface area (Å²) < 4.78 is 6.71. The lowest BCUT2D eigenvalue weighted by Gasteiger charge is -2.31. The predicted molar refractivity (Wildman–Crippen MR) is 121 cm³/mol. The fourth-order valence-corrected chi connectivity index (χ4v) is 4.43. The Bertz CT molecular complexity index is 970. The number of aromatic nitrogens is 2. The smallest absolute Gasteiger partial charge is 0.409 e.